The van der Waals surface area contributed by atoms with Gasteiger partial charge in [0.05, 0.1) is 19.8 Å². The average molecular weight is 414 g/mol. The van der Waals surface area contributed by atoms with Gasteiger partial charge in [0.2, 0.25) is 0 Å². The summed E-state index contributed by atoms with van der Waals surface area (Å²) in [6.45, 7) is 6.02. The van der Waals surface area contributed by atoms with E-state index in [1.165, 1.54) is 28.8 Å². The number of rotatable bonds is 7. The highest BCUT2D eigenvalue weighted by Gasteiger charge is 2.24. The maximum atomic E-state index is 13.4. The van der Waals surface area contributed by atoms with Crippen molar-refractivity contribution in [1.29, 1.82) is 0 Å². The molecule has 0 saturated heterocycles. The number of halogens is 1. The van der Waals surface area contributed by atoms with Crippen LogP contribution in [0.3, 0.4) is 0 Å². The number of aromatic nitrogens is 3. The van der Waals surface area contributed by atoms with Crippen molar-refractivity contribution in [2.24, 2.45) is 0 Å². The zero-order valence-corrected chi connectivity index (χ0v) is 18.2. The summed E-state index contributed by atoms with van der Waals surface area (Å²) >= 11 is 1.35. The minimum absolute atomic E-state index is 0.0500. The molecule has 0 bridgehead atoms. The first-order valence-corrected chi connectivity index (χ1v) is 10.5. The topological polar surface area (TPSA) is 52.2 Å². The Morgan fingerprint density at radius 2 is 1.83 bits per heavy atom. The third-order valence-corrected chi connectivity index (χ3v) is 5.94. The van der Waals surface area contributed by atoms with Gasteiger partial charge in [-0.15, -0.1) is 10.2 Å². The Bertz CT molecular complexity index is 1010. The van der Waals surface area contributed by atoms with Gasteiger partial charge in [0, 0.05) is 11.3 Å². The van der Waals surface area contributed by atoms with Crippen LogP contribution >= 0.6 is 11.8 Å². The first kappa shape index (κ1) is 21.2. The number of aryl methyl sites for hydroxylation is 2. The second kappa shape index (κ2) is 8.88. The van der Waals surface area contributed by atoms with Crippen molar-refractivity contribution in [3.8, 4) is 5.69 Å². The Balaban J connectivity index is 1.90. The minimum atomic E-state index is -0.297. The highest BCUT2D eigenvalue weighted by molar-refractivity contribution is 7.99. The van der Waals surface area contributed by atoms with E-state index in [0.29, 0.717) is 5.16 Å². The maximum absolute atomic E-state index is 13.4. The van der Waals surface area contributed by atoms with Crippen molar-refractivity contribution >= 4 is 17.5 Å². The molecule has 2 aromatic carbocycles. The lowest BCUT2D eigenvalue weighted by Crippen LogP contribution is -3.05. The molecule has 29 heavy (non-hydrogen) atoms. The number of quaternary nitrogens is 1. The second-order valence-electron chi connectivity index (χ2n) is 7.48. The van der Waals surface area contributed by atoms with Crippen molar-refractivity contribution in [1.82, 2.24) is 14.8 Å². The fourth-order valence-electron chi connectivity index (χ4n) is 3.08. The number of nitrogens with one attached hydrogen (secondary N) is 1. The number of hydrogen-bond donors (Lipinski definition) is 1. The molecular formula is C22H26FN4OS+. The van der Waals surface area contributed by atoms with E-state index in [1.54, 1.807) is 12.1 Å². The van der Waals surface area contributed by atoms with Crippen LogP contribution in [0.15, 0.2) is 47.6 Å². The second-order valence-corrected chi connectivity index (χ2v) is 8.42. The Morgan fingerprint density at radius 3 is 2.45 bits per heavy atom. The normalized spacial score (nSPS) is 12.4. The van der Waals surface area contributed by atoms with Crippen LogP contribution in [0.2, 0.25) is 0 Å². The van der Waals surface area contributed by atoms with E-state index >= 15 is 0 Å². The fraction of sp³-hybridized carbons (Fsp3) is 0.318. The number of ketones is 1. The predicted molar refractivity (Wildman–Crippen MR) is 114 cm³/mol. The third-order valence-electron chi connectivity index (χ3n) is 5.01. The molecule has 0 spiro atoms. The molecule has 1 atom stereocenters. The lowest BCUT2D eigenvalue weighted by atomic mass is 10.0. The van der Waals surface area contributed by atoms with Crippen molar-refractivity contribution in [2.45, 2.75) is 32.0 Å². The predicted octanol–water partition coefficient (Wildman–Crippen LogP) is 3.20. The van der Waals surface area contributed by atoms with Gasteiger partial charge in [-0.1, -0.05) is 35.5 Å². The molecule has 0 saturated carbocycles. The molecule has 7 heteroatoms. The largest absolute Gasteiger partial charge is 0.331 e. The van der Waals surface area contributed by atoms with Gasteiger partial charge in [0.1, 0.15) is 11.9 Å². The van der Waals surface area contributed by atoms with Gasteiger partial charge in [-0.05, 0) is 50.6 Å². The molecule has 0 aliphatic heterocycles. The fourth-order valence-corrected chi connectivity index (χ4v) is 3.92. The van der Waals surface area contributed by atoms with E-state index in [2.05, 4.69) is 17.1 Å². The van der Waals surface area contributed by atoms with Gasteiger partial charge >= 0.3 is 0 Å². The number of nitrogens with zero attached hydrogens (tertiary/aromatic N) is 3. The average Bonchev–Trinajstić information content (AvgIpc) is 3.09. The number of Topliss-reactive ketones (excluding diaryl/α,β-unsaturated/α-hetero) is 1. The number of carbonyl (C=O) groups is 1. The minimum Gasteiger partial charge on any atom is -0.331 e. The van der Waals surface area contributed by atoms with Gasteiger partial charge in [-0.3, -0.25) is 9.36 Å². The highest BCUT2D eigenvalue weighted by Crippen LogP contribution is 2.25. The van der Waals surface area contributed by atoms with E-state index < -0.39 is 0 Å². The van der Waals surface area contributed by atoms with Crippen LogP contribution < -0.4 is 4.90 Å². The van der Waals surface area contributed by atoms with E-state index in [0.717, 1.165) is 28.2 Å². The zero-order valence-electron chi connectivity index (χ0n) is 17.4. The summed E-state index contributed by atoms with van der Waals surface area (Å²) in [5, 5.41) is 9.34. The summed E-state index contributed by atoms with van der Waals surface area (Å²) in [5.41, 5.74) is 3.61. The van der Waals surface area contributed by atoms with Crippen LogP contribution in [-0.2, 0) is 0 Å². The summed E-state index contributed by atoms with van der Waals surface area (Å²) in [7, 11) is 4.09. The third kappa shape index (κ3) is 4.74. The lowest BCUT2D eigenvalue weighted by Gasteiger charge is -2.18. The first-order valence-electron chi connectivity index (χ1n) is 9.52. The van der Waals surface area contributed by atoms with Gasteiger partial charge in [-0.2, -0.15) is 0 Å². The van der Waals surface area contributed by atoms with E-state index in [9.17, 15) is 9.18 Å². The quantitative estimate of drug-likeness (QED) is 0.477. The van der Waals surface area contributed by atoms with Crippen LogP contribution in [-0.4, -0.2) is 40.4 Å². The summed E-state index contributed by atoms with van der Waals surface area (Å²) in [4.78, 5) is 14.0. The molecule has 0 unspecified atom stereocenters. The molecule has 1 heterocycles. The standard InChI is InChI=1S/C22H25FN4OS/c1-14-6-11-19(15(2)12-14)20(28)13-29-22-25-24-21(16(3)26(4)5)27(22)18-9-7-17(23)8-10-18/h6-12,16H,13H2,1-5H3/p+1/t16-/m1/s1. The smallest absolute Gasteiger partial charge is 0.196 e. The molecular weight excluding hydrogens is 387 g/mol. The number of thioether (sulfide) groups is 1. The Morgan fingerprint density at radius 1 is 1.14 bits per heavy atom. The molecule has 3 rings (SSSR count). The number of carbonyl (C=O) groups excluding carboxylic acids is 1. The maximum Gasteiger partial charge on any atom is 0.196 e. The number of hydrogen-bond acceptors (Lipinski definition) is 4. The van der Waals surface area contributed by atoms with E-state index in [-0.39, 0.29) is 23.4 Å². The Hall–Kier alpha value is -2.51. The van der Waals surface area contributed by atoms with Crippen LogP contribution in [0.25, 0.3) is 5.69 Å². The van der Waals surface area contributed by atoms with Gasteiger partial charge in [0.25, 0.3) is 0 Å². The summed E-state index contributed by atoms with van der Waals surface area (Å²) in [6, 6.07) is 12.2. The molecule has 5 nitrogen and oxygen atoms in total. The van der Waals surface area contributed by atoms with Crippen molar-refractivity contribution in [2.75, 3.05) is 19.8 Å². The molecule has 0 aliphatic rings. The molecule has 0 aliphatic carbocycles. The Labute approximate surface area is 175 Å². The van der Waals surface area contributed by atoms with Gasteiger partial charge in [-0.25, -0.2) is 4.39 Å². The van der Waals surface area contributed by atoms with Crippen LogP contribution in [0.1, 0.15) is 40.3 Å². The zero-order chi connectivity index (χ0) is 21.1. The molecule has 0 amide bonds. The monoisotopic (exact) mass is 413 g/mol. The van der Waals surface area contributed by atoms with E-state index in [4.69, 9.17) is 0 Å². The van der Waals surface area contributed by atoms with Crippen LogP contribution in [0, 0.1) is 19.7 Å². The molecule has 0 fully saturated rings. The van der Waals surface area contributed by atoms with Crippen molar-refractivity contribution in [3.05, 3.63) is 70.8 Å². The van der Waals surface area contributed by atoms with E-state index in [1.807, 2.05) is 50.7 Å². The Kier molecular flexibility index (Phi) is 6.49. The van der Waals surface area contributed by atoms with Gasteiger partial charge in [0.15, 0.2) is 16.8 Å². The molecule has 1 aromatic heterocycles. The summed E-state index contributed by atoms with van der Waals surface area (Å²) in [6.07, 6.45) is 0. The summed E-state index contributed by atoms with van der Waals surface area (Å²) < 4.78 is 15.3. The molecule has 0 radical (unpaired) electrons. The van der Waals surface area contributed by atoms with Crippen LogP contribution in [0.5, 0.6) is 0 Å². The SMILES string of the molecule is Cc1ccc(C(=O)CSc2nnc([C@@H](C)[NH+](C)C)n2-c2ccc(F)cc2)c(C)c1. The van der Waals surface area contributed by atoms with Crippen molar-refractivity contribution < 1.29 is 14.1 Å². The molecule has 1 N–H and O–H groups in total. The lowest BCUT2D eigenvalue weighted by molar-refractivity contribution is -0.890. The molecule has 3 aromatic rings. The number of benzene rings is 2. The molecule has 152 valence electrons. The highest BCUT2D eigenvalue weighted by atomic mass is 32.2. The summed E-state index contributed by atoms with van der Waals surface area (Å²) in [5.74, 6) is 0.785. The van der Waals surface area contributed by atoms with Crippen molar-refractivity contribution in [3.63, 3.8) is 0 Å². The first-order chi connectivity index (χ1) is 13.8. The van der Waals surface area contributed by atoms with Crippen LogP contribution in [0.4, 0.5) is 4.39 Å². The van der Waals surface area contributed by atoms with Gasteiger partial charge < -0.3 is 4.90 Å².